The van der Waals surface area contributed by atoms with Gasteiger partial charge in [0.25, 0.3) is 0 Å². The van der Waals surface area contributed by atoms with Crippen LogP contribution in [0.25, 0.3) is 16.7 Å². The van der Waals surface area contributed by atoms with Gasteiger partial charge in [0.2, 0.25) is 0 Å². The molecule has 0 saturated carbocycles. The van der Waals surface area contributed by atoms with Crippen LogP contribution in [0.1, 0.15) is 33.6 Å². The summed E-state index contributed by atoms with van der Waals surface area (Å²) in [5.41, 5.74) is 3.98. The molecule has 3 heterocycles. The first-order valence-electron chi connectivity index (χ1n) is 10.9. The van der Waals surface area contributed by atoms with Gasteiger partial charge in [0.1, 0.15) is 23.4 Å². The van der Waals surface area contributed by atoms with Gasteiger partial charge in [0.05, 0.1) is 18.7 Å². The highest BCUT2D eigenvalue weighted by atomic mass is 16.6. The predicted molar refractivity (Wildman–Crippen MR) is 126 cm³/mol. The number of nitrogens with one attached hydrogen (secondary N) is 1. The molecule has 0 atom stereocenters. The molecule has 4 rings (SSSR count). The average molecular weight is 452 g/mol. The Bertz CT molecular complexity index is 1140. The highest BCUT2D eigenvalue weighted by Gasteiger charge is 2.26. The van der Waals surface area contributed by atoms with E-state index in [4.69, 9.17) is 9.47 Å². The smallest absolute Gasteiger partial charge is 0.410 e. The maximum atomic E-state index is 12.2. The number of nitrogens with zero attached hydrogens (tertiary/aromatic N) is 6. The number of ether oxygens (including phenoxy) is 2. The van der Waals surface area contributed by atoms with Gasteiger partial charge in [0, 0.05) is 19.3 Å². The number of amides is 1. The van der Waals surface area contributed by atoms with E-state index in [-0.39, 0.29) is 12.0 Å². The maximum Gasteiger partial charge on any atom is 0.410 e. The second-order valence-electron chi connectivity index (χ2n) is 8.88. The van der Waals surface area contributed by atoms with Gasteiger partial charge in [-0.05, 0) is 51.7 Å². The molecule has 1 saturated heterocycles. The topological polar surface area (TPSA) is 107 Å². The molecule has 1 aliphatic rings. The lowest BCUT2D eigenvalue weighted by Gasteiger charge is -2.32. The number of hydrazone groups is 1. The van der Waals surface area contributed by atoms with Crippen molar-refractivity contribution in [1.29, 1.82) is 0 Å². The first-order valence-corrected chi connectivity index (χ1v) is 10.9. The number of hydrogen-bond donors (Lipinski definition) is 1. The number of likely N-dealkylation sites (tertiary alicyclic amines) is 1. The third kappa shape index (κ3) is 5.21. The largest absolute Gasteiger partial charge is 0.494 e. The van der Waals surface area contributed by atoms with E-state index in [0.717, 1.165) is 23.9 Å². The lowest BCUT2D eigenvalue weighted by atomic mass is 9.99. The Hall–Kier alpha value is -3.69. The number of anilines is 1. The van der Waals surface area contributed by atoms with E-state index in [1.165, 1.54) is 6.33 Å². The van der Waals surface area contributed by atoms with Crippen LogP contribution in [-0.4, -0.2) is 62.8 Å². The molecule has 0 spiro atoms. The Balaban J connectivity index is 1.40. The van der Waals surface area contributed by atoms with E-state index < -0.39 is 5.60 Å². The zero-order valence-electron chi connectivity index (χ0n) is 19.4. The molecule has 0 aliphatic carbocycles. The third-order valence-corrected chi connectivity index (χ3v) is 5.33. The summed E-state index contributed by atoms with van der Waals surface area (Å²) in [5, 5.41) is 9.62. The second-order valence-corrected chi connectivity index (χ2v) is 8.88. The molecular weight excluding hydrogens is 422 g/mol. The summed E-state index contributed by atoms with van der Waals surface area (Å²) in [5.74, 6) is 1.54. The molecular formula is C23H29N7O3. The first-order chi connectivity index (χ1) is 15.9. The Kier molecular flexibility index (Phi) is 6.43. The summed E-state index contributed by atoms with van der Waals surface area (Å²) in [7, 11) is 1.62. The average Bonchev–Trinajstić information content (AvgIpc) is 3.23. The number of methoxy groups -OCH3 is 1. The van der Waals surface area contributed by atoms with E-state index in [1.807, 2.05) is 51.3 Å². The number of piperidine rings is 1. The van der Waals surface area contributed by atoms with Gasteiger partial charge in [-0.3, -0.25) is 5.43 Å². The molecule has 174 valence electrons. The molecule has 10 nitrogen and oxygen atoms in total. The molecule has 10 heteroatoms. The zero-order valence-corrected chi connectivity index (χ0v) is 19.4. The van der Waals surface area contributed by atoms with E-state index in [2.05, 4.69) is 25.6 Å². The van der Waals surface area contributed by atoms with Crippen LogP contribution >= 0.6 is 0 Å². The number of carbonyl (C=O) groups is 1. The number of carbonyl (C=O) groups excluding carboxylic acids is 1. The molecule has 2 aromatic heterocycles. The van der Waals surface area contributed by atoms with Gasteiger partial charge >= 0.3 is 6.09 Å². The molecule has 33 heavy (non-hydrogen) atoms. The van der Waals surface area contributed by atoms with Crippen molar-refractivity contribution >= 4 is 29.2 Å². The fourth-order valence-electron chi connectivity index (χ4n) is 3.68. The number of para-hydroxylation sites is 2. The SMILES string of the molecule is COc1ccccc1-n1ncc2c(N/N=C/C3CCN(C(=O)OC(C)(C)C)CC3)ncnc21. The quantitative estimate of drug-likeness (QED) is 0.463. The van der Waals surface area contributed by atoms with Gasteiger partial charge in [-0.25, -0.2) is 19.4 Å². The summed E-state index contributed by atoms with van der Waals surface area (Å²) in [6.07, 6.45) is 6.47. The minimum atomic E-state index is -0.484. The Morgan fingerprint density at radius 1 is 1.21 bits per heavy atom. The minimum Gasteiger partial charge on any atom is -0.494 e. The Morgan fingerprint density at radius 2 is 1.97 bits per heavy atom. The van der Waals surface area contributed by atoms with Crippen molar-refractivity contribution in [3.05, 3.63) is 36.8 Å². The zero-order chi connectivity index (χ0) is 23.4. The van der Waals surface area contributed by atoms with Crippen LogP contribution in [0, 0.1) is 5.92 Å². The lowest BCUT2D eigenvalue weighted by Crippen LogP contribution is -2.42. The van der Waals surface area contributed by atoms with Crippen molar-refractivity contribution < 1.29 is 14.3 Å². The summed E-state index contributed by atoms with van der Waals surface area (Å²) in [6.45, 7) is 6.92. The van der Waals surface area contributed by atoms with Crippen molar-refractivity contribution in [1.82, 2.24) is 24.6 Å². The number of fused-ring (bicyclic) bond motifs is 1. The predicted octanol–water partition coefficient (Wildman–Crippen LogP) is 3.87. The van der Waals surface area contributed by atoms with Crippen LogP contribution in [-0.2, 0) is 4.74 Å². The van der Waals surface area contributed by atoms with Gasteiger partial charge in [0.15, 0.2) is 11.5 Å². The molecule has 0 bridgehead atoms. The van der Waals surface area contributed by atoms with Gasteiger partial charge in [-0.2, -0.15) is 10.2 Å². The van der Waals surface area contributed by atoms with E-state index in [1.54, 1.807) is 22.9 Å². The molecule has 1 aliphatic heterocycles. The van der Waals surface area contributed by atoms with Crippen molar-refractivity contribution in [3.63, 3.8) is 0 Å². The van der Waals surface area contributed by atoms with E-state index in [0.29, 0.717) is 30.3 Å². The van der Waals surface area contributed by atoms with Gasteiger partial charge < -0.3 is 14.4 Å². The Morgan fingerprint density at radius 3 is 2.70 bits per heavy atom. The molecule has 1 amide bonds. The standard InChI is InChI=1S/C23H29N7O3/c1-23(2,3)33-22(31)29-11-9-16(10-12-29)13-26-28-20-17-14-27-30(21(17)25-15-24-20)18-7-5-6-8-19(18)32-4/h5-8,13-16H,9-12H2,1-4H3,(H,24,25,28)/b26-13+. The number of benzene rings is 1. The molecule has 3 aromatic rings. The van der Waals surface area contributed by atoms with Crippen LogP contribution in [0.15, 0.2) is 41.9 Å². The van der Waals surface area contributed by atoms with E-state index in [9.17, 15) is 4.79 Å². The third-order valence-electron chi connectivity index (χ3n) is 5.33. The fourth-order valence-corrected chi connectivity index (χ4v) is 3.68. The number of hydrogen-bond acceptors (Lipinski definition) is 8. The first kappa shape index (κ1) is 22.5. The van der Waals surface area contributed by atoms with Crippen LogP contribution < -0.4 is 10.2 Å². The van der Waals surface area contributed by atoms with Crippen molar-refractivity contribution in [3.8, 4) is 11.4 Å². The van der Waals surface area contributed by atoms with Crippen LogP contribution in [0.3, 0.4) is 0 Å². The second kappa shape index (κ2) is 9.43. The monoisotopic (exact) mass is 451 g/mol. The van der Waals surface area contributed by atoms with Crippen molar-refractivity contribution in [2.24, 2.45) is 11.0 Å². The van der Waals surface area contributed by atoms with E-state index >= 15 is 0 Å². The fraction of sp³-hybridized carbons (Fsp3) is 0.435. The summed E-state index contributed by atoms with van der Waals surface area (Å²) in [4.78, 5) is 22.7. The lowest BCUT2D eigenvalue weighted by molar-refractivity contribution is 0.0203. The molecule has 0 unspecified atom stereocenters. The molecule has 1 fully saturated rings. The summed E-state index contributed by atoms with van der Waals surface area (Å²) < 4.78 is 12.6. The molecule has 1 N–H and O–H groups in total. The van der Waals surface area contributed by atoms with Crippen LogP contribution in [0.5, 0.6) is 5.75 Å². The normalized spacial score (nSPS) is 15.2. The number of rotatable bonds is 5. The molecule has 0 radical (unpaired) electrons. The highest BCUT2D eigenvalue weighted by Crippen LogP contribution is 2.27. The van der Waals surface area contributed by atoms with Crippen molar-refractivity contribution in [2.45, 2.75) is 39.2 Å². The van der Waals surface area contributed by atoms with Gasteiger partial charge in [-0.1, -0.05) is 12.1 Å². The van der Waals surface area contributed by atoms with Crippen molar-refractivity contribution in [2.75, 3.05) is 25.6 Å². The molecule has 1 aromatic carbocycles. The summed E-state index contributed by atoms with van der Waals surface area (Å²) >= 11 is 0. The summed E-state index contributed by atoms with van der Waals surface area (Å²) in [6, 6.07) is 7.62. The highest BCUT2D eigenvalue weighted by molar-refractivity contribution is 5.87. The minimum absolute atomic E-state index is 0.258. The number of aromatic nitrogens is 4. The van der Waals surface area contributed by atoms with Gasteiger partial charge in [-0.15, -0.1) is 0 Å². The van der Waals surface area contributed by atoms with Crippen LogP contribution in [0.2, 0.25) is 0 Å². The Labute approximate surface area is 192 Å². The van der Waals surface area contributed by atoms with Crippen LogP contribution in [0.4, 0.5) is 10.6 Å². The maximum absolute atomic E-state index is 12.2.